The molecule has 9 nitrogen and oxygen atoms in total. The monoisotopic (exact) mass is 475 g/mol. The van der Waals surface area contributed by atoms with Gasteiger partial charge in [-0.25, -0.2) is 8.42 Å². The molecule has 0 radical (unpaired) electrons. The van der Waals surface area contributed by atoms with Crippen molar-refractivity contribution in [3.8, 4) is 5.75 Å². The number of sulfone groups is 1. The van der Waals surface area contributed by atoms with E-state index in [1.807, 2.05) is 0 Å². The van der Waals surface area contributed by atoms with E-state index in [4.69, 9.17) is 4.74 Å². The Balaban J connectivity index is 1.76. The number of nitro groups is 1. The quantitative estimate of drug-likeness (QED) is 0.265. The predicted molar refractivity (Wildman–Crippen MR) is 122 cm³/mol. The average molecular weight is 476 g/mol. The van der Waals surface area contributed by atoms with Gasteiger partial charge in [0.05, 0.1) is 32.9 Å². The van der Waals surface area contributed by atoms with E-state index in [2.05, 4.69) is 11.6 Å². The highest BCUT2D eigenvalue weighted by Crippen LogP contribution is 2.23. The summed E-state index contributed by atoms with van der Waals surface area (Å²) in [5.41, 5.74) is 0.521. The maximum Gasteiger partial charge on any atom is 0.271 e. The second kappa shape index (κ2) is 9.88. The summed E-state index contributed by atoms with van der Waals surface area (Å²) in [5.74, 6) is -0.0977. The molecule has 0 saturated heterocycles. The van der Waals surface area contributed by atoms with Crippen LogP contribution in [0, 0.1) is 10.1 Å². The van der Waals surface area contributed by atoms with Crippen LogP contribution in [0.1, 0.15) is 12.8 Å². The number of non-ortho nitro benzene ring substituents is 1. The summed E-state index contributed by atoms with van der Waals surface area (Å²) in [4.78, 5) is 27.7. The Morgan fingerprint density at radius 2 is 2.00 bits per heavy atom. The van der Waals surface area contributed by atoms with Gasteiger partial charge in [-0.1, -0.05) is 17.4 Å². The Labute approximate surface area is 188 Å². The largest absolute Gasteiger partial charge is 0.497 e. The highest BCUT2D eigenvalue weighted by Gasteiger charge is 2.16. The van der Waals surface area contributed by atoms with Crippen LogP contribution in [0.2, 0.25) is 0 Å². The average Bonchev–Trinajstić information content (AvgIpc) is 3.10. The van der Waals surface area contributed by atoms with Gasteiger partial charge in [-0.3, -0.25) is 14.9 Å². The molecule has 0 aliphatic carbocycles. The van der Waals surface area contributed by atoms with E-state index in [9.17, 15) is 23.3 Å². The molecule has 2 aromatic carbocycles. The predicted octanol–water partition coefficient (Wildman–Crippen LogP) is 3.49. The van der Waals surface area contributed by atoms with Gasteiger partial charge in [0.1, 0.15) is 5.75 Å². The Hall–Kier alpha value is -3.31. The van der Waals surface area contributed by atoms with Crippen molar-refractivity contribution in [2.75, 3.05) is 12.9 Å². The normalized spacial score (nSPS) is 12.1. The highest BCUT2D eigenvalue weighted by molar-refractivity contribution is 7.91. The van der Waals surface area contributed by atoms with Crippen molar-refractivity contribution >= 4 is 43.0 Å². The van der Waals surface area contributed by atoms with Gasteiger partial charge in [0.2, 0.25) is 5.91 Å². The zero-order chi connectivity index (χ0) is 23.3. The summed E-state index contributed by atoms with van der Waals surface area (Å²) in [7, 11) is -2.04. The zero-order valence-corrected chi connectivity index (χ0v) is 18.9. The lowest BCUT2D eigenvalue weighted by molar-refractivity contribution is -0.384. The van der Waals surface area contributed by atoms with Gasteiger partial charge in [0, 0.05) is 25.1 Å². The van der Waals surface area contributed by atoms with Crippen LogP contribution < -0.4 is 9.54 Å². The van der Waals surface area contributed by atoms with Crippen molar-refractivity contribution in [1.82, 2.24) is 4.57 Å². The van der Waals surface area contributed by atoms with Crippen LogP contribution in [0.5, 0.6) is 5.75 Å². The fourth-order valence-electron chi connectivity index (χ4n) is 3.04. The molecule has 11 heteroatoms. The number of hydrogen-bond acceptors (Lipinski definition) is 7. The number of ether oxygens (including phenoxy) is 1. The van der Waals surface area contributed by atoms with Gasteiger partial charge in [0.15, 0.2) is 14.6 Å². The number of nitro benzene ring substituents is 1. The molecule has 1 aromatic heterocycles. The molecule has 0 fully saturated rings. The molecule has 3 aromatic rings. The van der Waals surface area contributed by atoms with Crippen molar-refractivity contribution in [2.24, 2.45) is 4.99 Å². The third kappa shape index (κ3) is 5.29. The number of carbonyl (C=O) groups is 1. The molecule has 3 rings (SSSR count). The van der Waals surface area contributed by atoms with Crippen LogP contribution in [-0.4, -0.2) is 36.7 Å². The summed E-state index contributed by atoms with van der Waals surface area (Å²) in [6.45, 7) is 4.00. The fourth-order valence-corrected chi connectivity index (χ4v) is 5.39. The number of rotatable bonds is 9. The van der Waals surface area contributed by atoms with Gasteiger partial charge in [-0.05, 0) is 36.8 Å². The van der Waals surface area contributed by atoms with E-state index in [-0.39, 0.29) is 29.2 Å². The van der Waals surface area contributed by atoms with Crippen LogP contribution in [-0.2, 0) is 21.2 Å². The van der Waals surface area contributed by atoms with E-state index >= 15 is 0 Å². The number of fused-ring (bicyclic) bond motifs is 1. The topological polar surface area (TPSA) is 121 Å². The lowest BCUT2D eigenvalue weighted by Crippen LogP contribution is -2.16. The lowest BCUT2D eigenvalue weighted by atomic mass is 10.3. The molecule has 0 bridgehead atoms. The fraction of sp³-hybridized carbons (Fsp3) is 0.238. The molecule has 1 amide bonds. The first kappa shape index (κ1) is 23.4. The third-order valence-electron chi connectivity index (χ3n) is 4.63. The van der Waals surface area contributed by atoms with Gasteiger partial charge in [0.25, 0.3) is 5.69 Å². The van der Waals surface area contributed by atoms with E-state index in [0.717, 1.165) is 4.70 Å². The molecule has 0 aliphatic rings. The minimum Gasteiger partial charge on any atom is -0.497 e. The molecule has 1 heterocycles. The van der Waals surface area contributed by atoms with Crippen LogP contribution in [0.4, 0.5) is 5.69 Å². The van der Waals surface area contributed by atoms with Crippen LogP contribution in [0.25, 0.3) is 10.2 Å². The summed E-state index contributed by atoms with van der Waals surface area (Å²) < 4.78 is 32.4. The molecule has 0 aliphatic heterocycles. The molecule has 0 unspecified atom stereocenters. The van der Waals surface area contributed by atoms with Gasteiger partial charge in [-0.2, -0.15) is 4.99 Å². The summed E-state index contributed by atoms with van der Waals surface area (Å²) >= 11 is 1.23. The van der Waals surface area contributed by atoms with Crippen molar-refractivity contribution in [1.29, 1.82) is 0 Å². The van der Waals surface area contributed by atoms with Gasteiger partial charge in [-0.15, -0.1) is 6.58 Å². The second-order valence-electron chi connectivity index (χ2n) is 6.80. The SMILES string of the molecule is C=CCn1c(=NC(=O)CCCS(=O)(=O)c2ccc(OC)cc2)sc2ccc([N+](=O)[O-])cc21. The first-order valence-electron chi connectivity index (χ1n) is 9.58. The van der Waals surface area contributed by atoms with E-state index in [1.165, 1.54) is 42.7 Å². The highest BCUT2D eigenvalue weighted by atomic mass is 32.2. The summed E-state index contributed by atoms with van der Waals surface area (Å²) in [6, 6.07) is 10.5. The molecule has 0 saturated carbocycles. The second-order valence-corrected chi connectivity index (χ2v) is 9.91. The number of methoxy groups -OCH3 is 1. The zero-order valence-electron chi connectivity index (χ0n) is 17.3. The molecular formula is C21H21N3O6S2. The number of benzene rings is 2. The van der Waals surface area contributed by atoms with Crippen molar-refractivity contribution in [2.45, 2.75) is 24.3 Å². The minimum atomic E-state index is -3.53. The lowest BCUT2D eigenvalue weighted by Gasteiger charge is -2.05. The first-order valence-corrected chi connectivity index (χ1v) is 12.0. The summed E-state index contributed by atoms with van der Waals surface area (Å²) in [6.07, 6.45) is 1.68. The van der Waals surface area contributed by atoms with Crippen molar-refractivity contribution in [3.63, 3.8) is 0 Å². The summed E-state index contributed by atoms with van der Waals surface area (Å²) in [5, 5.41) is 11.1. The smallest absolute Gasteiger partial charge is 0.271 e. The minimum absolute atomic E-state index is 0.0438. The molecular weight excluding hydrogens is 454 g/mol. The van der Waals surface area contributed by atoms with E-state index in [0.29, 0.717) is 22.6 Å². The Morgan fingerprint density at radius 1 is 1.28 bits per heavy atom. The molecule has 0 spiro atoms. The number of thiazole rings is 1. The number of carbonyl (C=O) groups excluding carboxylic acids is 1. The molecule has 0 N–H and O–H groups in total. The molecule has 168 valence electrons. The van der Waals surface area contributed by atoms with Crippen molar-refractivity contribution in [3.05, 3.63) is 70.0 Å². The third-order valence-corrected chi connectivity index (χ3v) is 7.51. The Morgan fingerprint density at radius 3 is 2.62 bits per heavy atom. The number of amides is 1. The first-order chi connectivity index (χ1) is 15.2. The molecule has 32 heavy (non-hydrogen) atoms. The van der Waals surface area contributed by atoms with Crippen molar-refractivity contribution < 1.29 is 22.9 Å². The maximum atomic E-state index is 12.5. The Bertz CT molecular complexity index is 1340. The number of hydrogen-bond donors (Lipinski definition) is 0. The van der Waals surface area contributed by atoms with E-state index < -0.39 is 20.7 Å². The maximum absolute atomic E-state index is 12.5. The van der Waals surface area contributed by atoms with Crippen LogP contribution in [0.3, 0.4) is 0 Å². The van der Waals surface area contributed by atoms with E-state index in [1.54, 1.807) is 28.8 Å². The number of nitrogens with zero attached hydrogens (tertiary/aromatic N) is 3. The van der Waals surface area contributed by atoms with Gasteiger partial charge >= 0.3 is 0 Å². The number of aromatic nitrogens is 1. The van der Waals surface area contributed by atoms with Crippen LogP contribution >= 0.6 is 11.3 Å². The molecule has 0 atom stereocenters. The van der Waals surface area contributed by atoms with Crippen LogP contribution in [0.15, 0.2) is 65.0 Å². The van der Waals surface area contributed by atoms with Gasteiger partial charge < -0.3 is 9.30 Å². The number of allylic oxidation sites excluding steroid dienone is 1. The standard InChI is InChI=1S/C21H21N3O6S2/c1-3-12-23-18-14-15(24(26)27)6-11-19(18)31-21(23)22-20(25)5-4-13-32(28,29)17-9-7-16(30-2)8-10-17/h3,6-11,14H,1,4-5,12-13H2,2H3. The Kier molecular flexibility index (Phi) is 7.21.